The Hall–Kier alpha value is -2.33. The van der Waals surface area contributed by atoms with Gasteiger partial charge < -0.3 is 15.7 Å². The zero-order chi connectivity index (χ0) is 21.7. The van der Waals surface area contributed by atoms with Crippen LogP contribution in [0.3, 0.4) is 0 Å². The van der Waals surface area contributed by atoms with Gasteiger partial charge in [0.15, 0.2) is 0 Å². The molecule has 2 unspecified atom stereocenters. The SMILES string of the molecule is CCC(CNCC(O)Nc1ccncc1)c1c(C(F)(F)F)cccc1C(F)(F)F. The number of hydrogen-bond acceptors (Lipinski definition) is 4. The normalized spacial score (nSPS) is 14.5. The average molecular weight is 421 g/mol. The number of rotatable bonds is 8. The summed E-state index contributed by atoms with van der Waals surface area (Å²) in [5.74, 6) is -1.04. The molecule has 0 radical (unpaired) electrons. The Balaban J connectivity index is 2.16. The predicted molar refractivity (Wildman–Crippen MR) is 96.2 cm³/mol. The van der Waals surface area contributed by atoms with Crippen molar-refractivity contribution in [3.05, 3.63) is 59.4 Å². The highest BCUT2D eigenvalue weighted by atomic mass is 19.4. The van der Waals surface area contributed by atoms with E-state index in [4.69, 9.17) is 0 Å². The van der Waals surface area contributed by atoms with E-state index in [1.807, 2.05) is 0 Å². The Labute approximate surface area is 164 Å². The molecule has 2 aromatic rings. The lowest BCUT2D eigenvalue weighted by atomic mass is 9.87. The summed E-state index contributed by atoms with van der Waals surface area (Å²) in [7, 11) is 0. The van der Waals surface area contributed by atoms with E-state index in [1.165, 1.54) is 19.3 Å². The molecular formula is C19H21F6N3O. The highest BCUT2D eigenvalue weighted by Gasteiger charge is 2.42. The molecule has 1 aromatic heterocycles. The van der Waals surface area contributed by atoms with Crippen LogP contribution in [0.1, 0.15) is 36.0 Å². The maximum absolute atomic E-state index is 13.4. The van der Waals surface area contributed by atoms with Crippen LogP contribution in [0.4, 0.5) is 32.0 Å². The second kappa shape index (κ2) is 9.45. The van der Waals surface area contributed by atoms with Gasteiger partial charge in [0.1, 0.15) is 6.23 Å². The largest absolute Gasteiger partial charge is 0.416 e. The fraction of sp³-hybridized carbons (Fsp3) is 0.421. The molecule has 1 aromatic carbocycles. The molecule has 1 heterocycles. The van der Waals surface area contributed by atoms with E-state index in [-0.39, 0.29) is 19.5 Å². The van der Waals surface area contributed by atoms with Crippen LogP contribution in [-0.4, -0.2) is 29.4 Å². The molecule has 2 rings (SSSR count). The molecule has 0 saturated heterocycles. The monoisotopic (exact) mass is 421 g/mol. The third kappa shape index (κ3) is 6.33. The number of anilines is 1. The maximum atomic E-state index is 13.4. The highest BCUT2D eigenvalue weighted by molar-refractivity contribution is 5.42. The number of aliphatic hydroxyl groups is 1. The van der Waals surface area contributed by atoms with Crippen molar-refractivity contribution in [2.75, 3.05) is 18.4 Å². The van der Waals surface area contributed by atoms with E-state index < -0.39 is 41.2 Å². The van der Waals surface area contributed by atoms with Gasteiger partial charge in [-0.25, -0.2) is 0 Å². The Bertz CT molecular complexity index is 747. The lowest BCUT2D eigenvalue weighted by Gasteiger charge is -2.26. The summed E-state index contributed by atoms with van der Waals surface area (Å²) >= 11 is 0. The molecule has 160 valence electrons. The second-order valence-corrected chi connectivity index (χ2v) is 6.42. The first kappa shape index (κ1) is 23.0. The molecule has 0 aliphatic rings. The molecule has 0 aliphatic carbocycles. The van der Waals surface area contributed by atoms with Gasteiger partial charge in [0.05, 0.1) is 11.1 Å². The Morgan fingerprint density at radius 3 is 1.97 bits per heavy atom. The molecule has 29 heavy (non-hydrogen) atoms. The van der Waals surface area contributed by atoms with E-state index in [1.54, 1.807) is 12.1 Å². The highest BCUT2D eigenvalue weighted by Crippen LogP contribution is 2.43. The van der Waals surface area contributed by atoms with E-state index in [2.05, 4.69) is 15.6 Å². The number of nitrogens with zero attached hydrogens (tertiary/aromatic N) is 1. The third-order valence-corrected chi connectivity index (χ3v) is 4.36. The minimum atomic E-state index is -4.91. The molecule has 10 heteroatoms. The summed E-state index contributed by atoms with van der Waals surface area (Å²) in [5, 5.41) is 15.5. The van der Waals surface area contributed by atoms with E-state index in [9.17, 15) is 31.4 Å². The first-order valence-electron chi connectivity index (χ1n) is 8.86. The molecular weight excluding hydrogens is 400 g/mol. The fourth-order valence-electron chi connectivity index (χ4n) is 3.04. The van der Waals surface area contributed by atoms with Gasteiger partial charge in [-0.1, -0.05) is 13.0 Å². The molecule has 4 nitrogen and oxygen atoms in total. The minimum Gasteiger partial charge on any atom is -0.372 e. The predicted octanol–water partition coefficient (Wildman–Crippen LogP) is 4.63. The number of aliphatic hydroxyl groups excluding tert-OH is 1. The molecule has 3 N–H and O–H groups in total. The van der Waals surface area contributed by atoms with Crippen LogP contribution in [0.5, 0.6) is 0 Å². The fourth-order valence-corrected chi connectivity index (χ4v) is 3.04. The first-order valence-corrected chi connectivity index (χ1v) is 8.86. The summed E-state index contributed by atoms with van der Waals surface area (Å²) in [4.78, 5) is 3.82. The van der Waals surface area contributed by atoms with Gasteiger partial charge in [0.2, 0.25) is 0 Å². The van der Waals surface area contributed by atoms with Gasteiger partial charge in [-0.05, 0) is 42.2 Å². The minimum absolute atomic E-state index is 0.0526. The van der Waals surface area contributed by atoms with Gasteiger partial charge in [0, 0.05) is 31.2 Å². The molecule has 0 bridgehead atoms. The zero-order valence-corrected chi connectivity index (χ0v) is 15.5. The standard InChI is InChI=1S/C19H21F6N3O/c1-2-12(10-27-11-16(29)28-13-6-8-26-9-7-13)17-14(18(20,21)22)4-3-5-15(17)19(23,24)25/h3-9,12,16,27,29H,2,10-11H2,1H3,(H,26,28). The Morgan fingerprint density at radius 1 is 0.931 bits per heavy atom. The average Bonchev–Trinajstić information content (AvgIpc) is 2.64. The zero-order valence-electron chi connectivity index (χ0n) is 15.5. The third-order valence-electron chi connectivity index (χ3n) is 4.36. The lowest BCUT2D eigenvalue weighted by Crippen LogP contribution is -2.35. The van der Waals surface area contributed by atoms with Crippen LogP contribution in [0, 0.1) is 0 Å². The smallest absolute Gasteiger partial charge is 0.372 e. The van der Waals surface area contributed by atoms with Gasteiger partial charge >= 0.3 is 12.4 Å². The number of halogens is 6. The Kier molecular flexibility index (Phi) is 7.48. The number of benzene rings is 1. The first-order chi connectivity index (χ1) is 13.5. The number of aromatic nitrogens is 1. The van der Waals surface area contributed by atoms with Gasteiger partial charge in [-0.3, -0.25) is 4.98 Å². The summed E-state index contributed by atoms with van der Waals surface area (Å²) < 4.78 is 80.2. The van der Waals surface area contributed by atoms with Crippen LogP contribution in [0.15, 0.2) is 42.7 Å². The van der Waals surface area contributed by atoms with Crippen molar-refractivity contribution < 1.29 is 31.4 Å². The van der Waals surface area contributed by atoms with Crippen LogP contribution >= 0.6 is 0 Å². The van der Waals surface area contributed by atoms with E-state index in [0.29, 0.717) is 17.8 Å². The van der Waals surface area contributed by atoms with Crippen molar-refractivity contribution in [1.82, 2.24) is 10.3 Å². The molecule has 0 spiro atoms. The molecule has 0 saturated carbocycles. The van der Waals surface area contributed by atoms with Crippen LogP contribution in [0.25, 0.3) is 0 Å². The molecule has 0 aliphatic heterocycles. The quantitative estimate of drug-likeness (QED) is 0.430. The number of hydrogen-bond donors (Lipinski definition) is 3. The van der Waals surface area contributed by atoms with Gasteiger partial charge in [-0.2, -0.15) is 26.3 Å². The number of nitrogens with one attached hydrogen (secondary N) is 2. The molecule has 0 amide bonds. The van der Waals surface area contributed by atoms with E-state index >= 15 is 0 Å². The van der Waals surface area contributed by atoms with Crippen molar-refractivity contribution in [1.29, 1.82) is 0 Å². The molecule has 0 fully saturated rings. The van der Waals surface area contributed by atoms with Crippen molar-refractivity contribution in [2.24, 2.45) is 0 Å². The van der Waals surface area contributed by atoms with E-state index in [0.717, 1.165) is 6.07 Å². The summed E-state index contributed by atoms with van der Waals surface area (Å²) in [6.45, 7) is 1.28. The molecule has 2 atom stereocenters. The van der Waals surface area contributed by atoms with Crippen LogP contribution in [0.2, 0.25) is 0 Å². The maximum Gasteiger partial charge on any atom is 0.416 e. The van der Waals surface area contributed by atoms with Crippen molar-refractivity contribution in [2.45, 2.75) is 37.8 Å². The van der Waals surface area contributed by atoms with Crippen LogP contribution in [-0.2, 0) is 12.4 Å². The topological polar surface area (TPSA) is 57.2 Å². The number of pyridine rings is 1. The summed E-state index contributed by atoms with van der Waals surface area (Å²) in [6, 6.07) is 5.29. The summed E-state index contributed by atoms with van der Waals surface area (Å²) in [5.41, 5.74) is -2.80. The number of alkyl halides is 6. The van der Waals surface area contributed by atoms with Crippen molar-refractivity contribution >= 4 is 5.69 Å². The van der Waals surface area contributed by atoms with Gasteiger partial charge in [-0.15, -0.1) is 0 Å². The van der Waals surface area contributed by atoms with Crippen LogP contribution < -0.4 is 10.6 Å². The Morgan fingerprint density at radius 2 is 1.48 bits per heavy atom. The van der Waals surface area contributed by atoms with Crippen molar-refractivity contribution in [3.8, 4) is 0 Å². The van der Waals surface area contributed by atoms with Gasteiger partial charge in [0.25, 0.3) is 0 Å². The second-order valence-electron chi connectivity index (χ2n) is 6.42. The van der Waals surface area contributed by atoms with Crippen molar-refractivity contribution in [3.63, 3.8) is 0 Å². The summed E-state index contributed by atoms with van der Waals surface area (Å²) in [6.07, 6.45) is -7.85. The lowest BCUT2D eigenvalue weighted by molar-refractivity contribution is -0.144.